The van der Waals surface area contributed by atoms with Gasteiger partial charge < -0.3 is 10.3 Å². The summed E-state index contributed by atoms with van der Waals surface area (Å²) in [5.41, 5.74) is -0.336. The van der Waals surface area contributed by atoms with Crippen LogP contribution in [0.25, 0.3) is 0 Å². The second-order valence-corrected chi connectivity index (χ2v) is 4.63. The molecule has 0 aliphatic carbocycles. The van der Waals surface area contributed by atoms with E-state index in [-0.39, 0.29) is 16.6 Å². The third-order valence-corrected chi connectivity index (χ3v) is 3.53. The van der Waals surface area contributed by atoms with E-state index in [9.17, 15) is 4.79 Å². The predicted octanol–water partition coefficient (Wildman–Crippen LogP) is 2.66. The zero-order chi connectivity index (χ0) is 11.5. The monoisotopic (exact) mass is 255 g/mol. The lowest BCUT2D eigenvalue weighted by atomic mass is 10.3. The van der Waals surface area contributed by atoms with E-state index in [0.717, 1.165) is 4.88 Å². The van der Waals surface area contributed by atoms with Gasteiger partial charge in [-0.15, -0.1) is 11.3 Å². The van der Waals surface area contributed by atoms with Gasteiger partial charge in [0, 0.05) is 4.88 Å². The minimum absolute atomic E-state index is 0.0757. The summed E-state index contributed by atoms with van der Waals surface area (Å²) in [4.78, 5) is 18.8. The maximum Gasteiger partial charge on any atom is 0.271 e. The van der Waals surface area contributed by atoms with Crippen LogP contribution in [-0.2, 0) is 0 Å². The van der Waals surface area contributed by atoms with Crippen LogP contribution in [0.5, 0.6) is 0 Å². The zero-order valence-electron chi connectivity index (χ0n) is 8.53. The van der Waals surface area contributed by atoms with Crippen LogP contribution < -0.4 is 10.9 Å². The van der Waals surface area contributed by atoms with Crippen molar-refractivity contribution in [2.75, 3.05) is 5.32 Å². The van der Waals surface area contributed by atoms with Gasteiger partial charge in [0.1, 0.15) is 5.02 Å². The van der Waals surface area contributed by atoms with E-state index >= 15 is 0 Å². The highest BCUT2D eigenvalue weighted by Gasteiger charge is 2.11. The number of halogens is 1. The molecule has 84 valence electrons. The molecule has 0 amide bonds. The number of thiophene rings is 1. The summed E-state index contributed by atoms with van der Waals surface area (Å²) in [5, 5.41) is 5.19. The maximum absolute atomic E-state index is 11.2. The number of aromatic nitrogens is 2. The van der Waals surface area contributed by atoms with E-state index in [1.54, 1.807) is 11.3 Å². The number of hydrogen-bond donors (Lipinski definition) is 2. The molecule has 2 aromatic rings. The van der Waals surface area contributed by atoms with Crippen molar-refractivity contribution in [2.24, 2.45) is 0 Å². The molecular weight excluding hydrogens is 246 g/mol. The van der Waals surface area contributed by atoms with Gasteiger partial charge in [-0.3, -0.25) is 4.79 Å². The van der Waals surface area contributed by atoms with Gasteiger partial charge in [0.05, 0.1) is 12.4 Å². The summed E-state index contributed by atoms with van der Waals surface area (Å²) in [6.07, 6.45) is 1.33. The van der Waals surface area contributed by atoms with Crippen molar-refractivity contribution in [1.29, 1.82) is 0 Å². The molecule has 0 aliphatic heterocycles. The first kappa shape index (κ1) is 11.2. The van der Waals surface area contributed by atoms with E-state index in [2.05, 4.69) is 15.3 Å². The van der Waals surface area contributed by atoms with Crippen molar-refractivity contribution < 1.29 is 0 Å². The molecule has 1 atom stereocenters. The third kappa shape index (κ3) is 2.25. The molecule has 1 unspecified atom stereocenters. The highest BCUT2D eigenvalue weighted by molar-refractivity contribution is 7.10. The Morgan fingerprint density at radius 2 is 2.44 bits per heavy atom. The second kappa shape index (κ2) is 4.67. The van der Waals surface area contributed by atoms with Crippen molar-refractivity contribution in [2.45, 2.75) is 13.0 Å². The highest BCUT2D eigenvalue weighted by Crippen LogP contribution is 2.23. The quantitative estimate of drug-likeness (QED) is 0.887. The van der Waals surface area contributed by atoms with Crippen LogP contribution in [0.3, 0.4) is 0 Å². The standard InChI is InChI=1S/C10H10ClN3OS/c1-6(7-3-2-4-16-7)14-9-8(11)10(15)13-5-12-9/h2-6H,1H3,(H2,12,13,14,15). The highest BCUT2D eigenvalue weighted by atomic mass is 35.5. The SMILES string of the molecule is CC(Nc1nc[nH]c(=O)c1Cl)c1cccs1. The average molecular weight is 256 g/mol. The van der Waals surface area contributed by atoms with Crippen LogP contribution in [0.2, 0.25) is 5.02 Å². The first-order chi connectivity index (χ1) is 7.68. The molecule has 0 spiro atoms. The summed E-state index contributed by atoms with van der Waals surface area (Å²) in [5.74, 6) is 0.409. The Kier molecular flexibility index (Phi) is 3.26. The van der Waals surface area contributed by atoms with Crippen molar-refractivity contribution in [3.05, 3.63) is 44.1 Å². The molecule has 0 aliphatic rings. The van der Waals surface area contributed by atoms with Crippen molar-refractivity contribution in [1.82, 2.24) is 9.97 Å². The minimum atomic E-state index is -0.336. The van der Waals surface area contributed by atoms with Gasteiger partial charge in [-0.1, -0.05) is 17.7 Å². The molecule has 4 nitrogen and oxygen atoms in total. The molecule has 16 heavy (non-hydrogen) atoms. The van der Waals surface area contributed by atoms with Crippen molar-refractivity contribution in [3.63, 3.8) is 0 Å². The lowest BCUT2D eigenvalue weighted by Crippen LogP contribution is -2.13. The maximum atomic E-state index is 11.2. The number of rotatable bonds is 3. The van der Waals surface area contributed by atoms with Crippen LogP contribution in [0, 0.1) is 0 Å². The fourth-order valence-corrected chi connectivity index (χ4v) is 2.19. The summed E-state index contributed by atoms with van der Waals surface area (Å²) in [6.45, 7) is 1.99. The van der Waals surface area contributed by atoms with Gasteiger partial charge in [-0.25, -0.2) is 4.98 Å². The van der Waals surface area contributed by atoms with Gasteiger partial charge in [0.25, 0.3) is 5.56 Å². The zero-order valence-corrected chi connectivity index (χ0v) is 10.1. The Bertz CT molecular complexity index is 523. The van der Waals surface area contributed by atoms with Gasteiger partial charge in [-0.05, 0) is 18.4 Å². The first-order valence-electron chi connectivity index (χ1n) is 4.71. The van der Waals surface area contributed by atoms with Crippen LogP contribution in [-0.4, -0.2) is 9.97 Å². The van der Waals surface area contributed by atoms with E-state index in [1.807, 2.05) is 24.4 Å². The second-order valence-electron chi connectivity index (χ2n) is 3.28. The molecule has 0 saturated heterocycles. The molecule has 0 saturated carbocycles. The van der Waals surface area contributed by atoms with E-state index in [0.29, 0.717) is 5.82 Å². The van der Waals surface area contributed by atoms with E-state index in [1.165, 1.54) is 6.33 Å². The Morgan fingerprint density at radius 1 is 1.62 bits per heavy atom. The molecule has 2 rings (SSSR count). The van der Waals surface area contributed by atoms with Gasteiger partial charge in [0.15, 0.2) is 5.82 Å². The summed E-state index contributed by atoms with van der Waals surface area (Å²) in [6, 6.07) is 4.07. The number of nitrogens with one attached hydrogen (secondary N) is 2. The number of aromatic amines is 1. The molecule has 0 aromatic carbocycles. The normalized spacial score (nSPS) is 12.4. The van der Waals surface area contributed by atoms with Gasteiger partial charge in [0.2, 0.25) is 0 Å². The van der Waals surface area contributed by atoms with Crippen LogP contribution in [0.1, 0.15) is 17.8 Å². The summed E-state index contributed by atoms with van der Waals surface area (Å²) >= 11 is 7.47. The lowest BCUT2D eigenvalue weighted by molar-refractivity contribution is 0.891. The van der Waals surface area contributed by atoms with Crippen LogP contribution in [0.4, 0.5) is 5.82 Å². The van der Waals surface area contributed by atoms with Crippen LogP contribution in [0.15, 0.2) is 28.6 Å². The minimum Gasteiger partial charge on any atom is -0.361 e. The molecular formula is C10H10ClN3OS. The third-order valence-electron chi connectivity index (χ3n) is 2.12. The molecule has 2 heterocycles. The van der Waals surface area contributed by atoms with Crippen molar-refractivity contribution in [3.8, 4) is 0 Å². The Morgan fingerprint density at radius 3 is 3.12 bits per heavy atom. The van der Waals surface area contributed by atoms with Crippen LogP contribution >= 0.6 is 22.9 Å². The summed E-state index contributed by atoms with van der Waals surface area (Å²) < 4.78 is 0. The fraction of sp³-hybridized carbons (Fsp3) is 0.200. The van der Waals surface area contributed by atoms with Gasteiger partial charge >= 0.3 is 0 Å². The topological polar surface area (TPSA) is 57.8 Å². The largest absolute Gasteiger partial charge is 0.361 e. The Hall–Kier alpha value is -1.33. The van der Waals surface area contributed by atoms with E-state index < -0.39 is 0 Å². The molecule has 2 aromatic heterocycles. The van der Waals surface area contributed by atoms with E-state index in [4.69, 9.17) is 11.6 Å². The summed E-state index contributed by atoms with van der Waals surface area (Å²) in [7, 11) is 0. The molecule has 0 fully saturated rings. The Labute approximate surface area is 101 Å². The average Bonchev–Trinajstić information content (AvgIpc) is 2.78. The van der Waals surface area contributed by atoms with Crippen molar-refractivity contribution >= 4 is 28.8 Å². The fourth-order valence-electron chi connectivity index (χ4n) is 1.30. The molecule has 0 bridgehead atoms. The number of H-pyrrole nitrogens is 1. The smallest absolute Gasteiger partial charge is 0.271 e. The molecule has 0 radical (unpaired) electrons. The number of hydrogen-bond acceptors (Lipinski definition) is 4. The number of anilines is 1. The Balaban J connectivity index is 2.21. The lowest BCUT2D eigenvalue weighted by Gasteiger charge is -2.12. The molecule has 6 heteroatoms. The molecule has 2 N–H and O–H groups in total. The predicted molar refractivity (Wildman–Crippen MR) is 66.2 cm³/mol. The van der Waals surface area contributed by atoms with Gasteiger partial charge in [-0.2, -0.15) is 0 Å². The number of nitrogens with zero attached hydrogens (tertiary/aromatic N) is 1. The first-order valence-corrected chi connectivity index (χ1v) is 5.97.